The van der Waals surface area contributed by atoms with E-state index in [4.69, 9.17) is 0 Å². The average molecular weight is 237 g/mol. The maximum absolute atomic E-state index is 11.0. The van der Waals surface area contributed by atoms with E-state index in [0.717, 1.165) is 13.0 Å². The van der Waals surface area contributed by atoms with Gasteiger partial charge in [0.25, 0.3) is 0 Å². The molecule has 0 aromatic heterocycles. The van der Waals surface area contributed by atoms with Crippen molar-refractivity contribution in [3.8, 4) is 0 Å². The first kappa shape index (κ1) is 7.05. The van der Waals surface area contributed by atoms with Crippen molar-refractivity contribution in [3.63, 3.8) is 0 Å². The quantitative estimate of drug-likeness (QED) is 0.495. The highest BCUT2D eigenvalue weighted by atomic mass is 127. The minimum absolute atomic E-state index is 0.181. The van der Waals surface area contributed by atoms with Gasteiger partial charge in [-0.15, -0.1) is 0 Å². The molecule has 1 aliphatic rings. The number of likely N-dealkylation sites (tertiary alicyclic amines) is 1. The second-order valence-electron chi connectivity index (χ2n) is 1.97. The van der Waals surface area contributed by atoms with Gasteiger partial charge in [-0.3, -0.25) is 4.79 Å². The molecule has 0 aromatic rings. The maximum Gasteiger partial charge on any atom is 0.239 e. The summed E-state index contributed by atoms with van der Waals surface area (Å²) in [4.78, 5) is 12.6. The van der Waals surface area contributed by atoms with Gasteiger partial charge in [0.2, 0.25) is 5.91 Å². The third-order valence-electron chi connectivity index (χ3n) is 1.39. The third kappa shape index (κ3) is 1.26. The topological polar surface area (TPSA) is 20.3 Å². The van der Waals surface area contributed by atoms with E-state index < -0.39 is 0 Å². The molecule has 3 heteroatoms. The molecule has 0 aliphatic carbocycles. The number of hydrogen-bond acceptors (Lipinski definition) is 1. The fourth-order valence-corrected chi connectivity index (χ4v) is 1.48. The lowest BCUT2D eigenvalue weighted by Gasteiger charge is -2.06. The summed E-state index contributed by atoms with van der Waals surface area (Å²) in [5.41, 5.74) is 0. The summed E-state index contributed by atoms with van der Waals surface area (Å²) in [5, 5.41) is 0. The standard InChI is InChI=1S/C6H8INO/c1-2-8-4-3-5(7)6(8)9/h2,5H,1,3-4H2. The highest BCUT2D eigenvalue weighted by Crippen LogP contribution is 2.18. The first-order valence-corrected chi connectivity index (χ1v) is 4.07. The lowest BCUT2D eigenvalue weighted by molar-refractivity contribution is -0.124. The lowest BCUT2D eigenvalue weighted by Crippen LogP contribution is -2.20. The van der Waals surface area contributed by atoms with Gasteiger partial charge in [-0.25, -0.2) is 0 Å². The predicted molar refractivity (Wildman–Crippen MR) is 44.3 cm³/mol. The molecule has 1 fully saturated rings. The molecule has 1 amide bonds. The summed E-state index contributed by atoms with van der Waals surface area (Å²) in [6.07, 6.45) is 2.56. The number of carbonyl (C=O) groups excluding carboxylic acids is 1. The van der Waals surface area contributed by atoms with Gasteiger partial charge in [0.05, 0.1) is 3.92 Å². The monoisotopic (exact) mass is 237 g/mol. The molecule has 0 aromatic carbocycles. The van der Waals surface area contributed by atoms with E-state index in [1.165, 1.54) is 0 Å². The van der Waals surface area contributed by atoms with Gasteiger partial charge in [0, 0.05) is 6.54 Å². The van der Waals surface area contributed by atoms with Crippen LogP contribution in [0.1, 0.15) is 6.42 Å². The molecule has 1 saturated heterocycles. The number of nitrogens with zero attached hydrogens (tertiary/aromatic N) is 1. The minimum Gasteiger partial charge on any atom is -0.319 e. The molecular weight excluding hydrogens is 229 g/mol. The molecule has 2 nitrogen and oxygen atoms in total. The van der Waals surface area contributed by atoms with Crippen LogP contribution in [0.3, 0.4) is 0 Å². The van der Waals surface area contributed by atoms with Crippen LogP contribution in [-0.2, 0) is 4.79 Å². The molecule has 0 saturated carbocycles. The number of hydrogen-bond donors (Lipinski definition) is 0. The Hall–Kier alpha value is -0.0600. The van der Waals surface area contributed by atoms with Gasteiger partial charge in [-0.2, -0.15) is 0 Å². The van der Waals surface area contributed by atoms with Gasteiger partial charge in [0.15, 0.2) is 0 Å². The summed E-state index contributed by atoms with van der Waals surface area (Å²) >= 11 is 2.16. The molecule has 0 radical (unpaired) electrons. The van der Waals surface area contributed by atoms with Gasteiger partial charge in [-0.1, -0.05) is 29.2 Å². The summed E-state index contributed by atoms with van der Waals surface area (Å²) in [5.74, 6) is 0.200. The fourth-order valence-electron chi connectivity index (χ4n) is 0.847. The van der Waals surface area contributed by atoms with Crippen LogP contribution < -0.4 is 0 Å². The van der Waals surface area contributed by atoms with Gasteiger partial charge < -0.3 is 4.90 Å². The van der Waals surface area contributed by atoms with Crippen molar-refractivity contribution in [1.29, 1.82) is 0 Å². The predicted octanol–water partition coefficient (Wildman–Crippen LogP) is 1.17. The molecule has 50 valence electrons. The molecule has 0 bridgehead atoms. The molecule has 0 spiro atoms. The number of carbonyl (C=O) groups is 1. The molecule has 1 atom stereocenters. The lowest BCUT2D eigenvalue weighted by atomic mass is 10.4. The zero-order valence-electron chi connectivity index (χ0n) is 5.01. The Morgan fingerprint density at radius 1 is 1.89 bits per heavy atom. The van der Waals surface area contributed by atoms with E-state index in [0.29, 0.717) is 0 Å². The highest BCUT2D eigenvalue weighted by Gasteiger charge is 2.26. The van der Waals surface area contributed by atoms with Crippen molar-refractivity contribution in [2.75, 3.05) is 6.54 Å². The van der Waals surface area contributed by atoms with E-state index in [2.05, 4.69) is 29.2 Å². The van der Waals surface area contributed by atoms with E-state index in [1.807, 2.05) is 0 Å². The van der Waals surface area contributed by atoms with Crippen LogP contribution in [0, 0.1) is 0 Å². The van der Waals surface area contributed by atoms with Crippen LogP contribution in [0.25, 0.3) is 0 Å². The summed E-state index contributed by atoms with van der Waals surface area (Å²) in [6.45, 7) is 4.37. The van der Waals surface area contributed by atoms with Crippen molar-refractivity contribution < 1.29 is 4.79 Å². The molecule has 1 aliphatic heterocycles. The van der Waals surface area contributed by atoms with Crippen molar-refractivity contribution in [2.45, 2.75) is 10.3 Å². The van der Waals surface area contributed by atoms with Gasteiger partial charge >= 0.3 is 0 Å². The highest BCUT2D eigenvalue weighted by molar-refractivity contribution is 14.1. The van der Waals surface area contributed by atoms with Crippen molar-refractivity contribution in [1.82, 2.24) is 4.90 Å². The second-order valence-corrected chi connectivity index (χ2v) is 3.47. The Balaban J connectivity index is 2.61. The number of amides is 1. The maximum atomic E-state index is 11.0. The van der Waals surface area contributed by atoms with Gasteiger partial charge in [-0.05, 0) is 12.6 Å². The Morgan fingerprint density at radius 2 is 2.56 bits per heavy atom. The zero-order valence-corrected chi connectivity index (χ0v) is 7.17. The van der Waals surface area contributed by atoms with Crippen molar-refractivity contribution in [3.05, 3.63) is 12.8 Å². The fraction of sp³-hybridized carbons (Fsp3) is 0.500. The third-order valence-corrected chi connectivity index (χ3v) is 2.55. The molecule has 1 rings (SSSR count). The van der Waals surface area contributed by atoms with Crippen LogP contribution in [-0.4, -0.2) is 21.3 Å². The van der Waals surface area contributed by atoms with E-state index in [9.17, 15) is 4.79 Å². The molecule has 0 N–H and O–H groups in total. The number of alkyl halides is 1. The zero-order chi connectivity index (χ0) is 6.85. The SMILES string of the molecule is C=CN1CCC(I)C1=O. The molecule has 1 heterocycles. The van der Waals surface area contributed by atoms with E-state index in [1.54, 1.807) is 11.1 Å². The Bertz CT molecular complexity index is 146. The first-order chi connectivity index (χ1) is 4.25. The Kier molecular flexibility index (Phi) is 2.10. The van der Waals surface area contributed by atoms with Crippen molar-refractivity contribution >= 4 is 28.5 Å². The number of rotatable bonds is 1. The van der Waals surface area contributed by atoms with Crippen LogP contribution in [0.15, 0.2) is 12.8 Å². The summed E-state index contributed by atoms with van der Waals surface area (Å²) < 4.78 is 0.181. The van der Waals surface area contributed by atoms with Crippen molar-refractivity contribution in [2.24, 2.45) is 0 Å². The smallest absolute Gasteiger partial charge is 0.239 e. The van der Waals surface area contributed by atoms with Crippen LogP contribution >= 0.6 is 22.6 Å². The molecule has 9 heavy (non-hydrogen) atoms. The van der Waals surface area contributed by atoms with E-state index in [-0.39, 0.29) is 9.83 Å². The summed E-state index contributed by atoms with van der Waals surface area (Å²) in [6, 6.07) is 0. The summed E-state index contributed by atoms with van der Waals surface area (Å²) in [7, 11) is 0. The first-order valence-electron chi connectivity index (χ1n) is 2.83. The largest absolute Gasteiger partial charge is 0.319 e. The van der Waals surface area contributed by atoms with Gasteiger partial charge in [0.1, 0.15) is 0 Å². The Morgan fingerprint density at radius 3 is 2.78 bits per heavy atom. The van der Waals surface area contributed by atoms with Crippen LogP contribution in [0.4, 0.5) is 0 Å². The Labute approximate surface area is 68.1 Å². The van der Waals surface area contributed by atoms with Crippen LogP contribution in [0.5, 0.6) is 0 Å². The molecular formula is C6H8INO. The molecule has 1 unspecified atom stereocenters. The second kappa shape index (κ2) is 2.68. The van der Waals surface area contributed by atoms with E-state index >= 15 is 0 Å². The normalized spacial score (nSPS) is 27.0. The number of halogens is 1. The minimum atomic E-state index is 0.181. The average Bonchev–Trinajstić information content (AvgIpc) is 2.15. The van der Waals surface area contributed by atoms with Crippen LogP contribution in [0.2, 0.25) is 0 Å².